The van der Waals surface area contributed by atoms with E-state index in [0.29, 0.717) is 17.2 Å². The summed E-state index contributed by atoms with van der Waals surface area (Å²) < 4.78 is 0. The number of phenols is 1. The summed E-state index contributed by atoms with van der Waals surface area (Å²) in [6, 6.07) is 8.22. The molecule has 0 bridgehead atoms. The molecule has 2 heteroatoms. The van der Waals surface area contributed by atoms with E-state index in [1.165, 1.54) is 31.2 Å². The van der Waals surface area contributed by atoms with Gasteiger partial charge in [0.15, 0.2) is 0 Å². The second kappa shape index (κ2) is 6.83. The number of hydrogen-bond acceptors (Lipinski definition) is 2. The predicted molar refractivity (Wildman–Crippen MR) is 89.6 cm³/mol. The Morgan fingerprint density at radius 2 is 1.67 bits per heavy atom. The van der Waals surface area contributed by atoms with E-state index in [1.807, 2.05) is 12.1 Å². The van der Waals surface area contributed by atoms with Crippen molar-refractivity contribution in [3.05, 3.63) is 29.8 Å². The van der Waals surface area contributed by atoms with Crippen LogP contribution in [0.5, 0.6) is 5.75 Å². The highest BCUT2D eigenvalue weighted by Crippen LogP contribution is 2.41. The van der Waals surface area contributed by atoms with Crippen molar-refractivity contribution in [2.75, 3.05) is 7.05 Å². The van der Waals surface area contributed by atoms with Gasteiger partial charge in [-0.1, -0.05) is 32.9 Å². The molecule has 0 amide bonds. The van der Waals surface area contributed by atoms with E-state index in [-0.39, 0.29) is 0 Å². The van der Waals surface area contributed by atoms with Crippen LogP contribution in [-0.4, -0.2) is 18.2 Å². The summed E-state index contributed by atoms with van der Waals surface area (Å²) in [6.45, 7) is 7.14. The zero-order valence-electron chi connectivity index (χ0n) is 14.0. The van der Waals surface area contributed by atoms with E-state index in [0.717, 1.165) is 18.3 Å². The molecule has 1 aliphatic carbocycles. The summed E-state index contributed by atoms with van der Waals surface area (Å²) >= 11 is 0. The Bertz CT molecular complexity index is 424. The average molecular weight is 289 g/mol. The van der Waals surface area contributed by atoms with Gasteiger partial charge in [0.05, 0.1) is 0 Å². The van der Waals surface area contributed by atoms with Crippen molar-refractivity contribution in [1.29, 1.82) is 0 Å². The molecular formula is C19H31NO. The van der Waals surface area contributed by atoms with Crippen LogP contribution in [-0.2, 0) is 6.42 Å². The van der Waals surface area contributed by atoms with E-state index in [1.54, 1.807) is 12.1 Å². The molecule has 118 valence electrons. The minimum atomic E-state index is 0.352. The maximum absolute atomic E-state index is 9.39. The highest BCUT2D eigenvalue weighted by molar-refractivity contribution is 5.26. The first kappa shape index (κ1) is 16.4. The first-order valence-corrected chi connectivity index (χ1v) is 8.35. The molecule has 1 unspecified atom stereocenters. The molecule has 21 heavy (non-hydrogen) atoms. The van der Waals surface area contributed by atoms with Crippen molar-refractivity contribution in [2.45, 2.75) is 58.9 Å². The number of hydrogen-bond donors (Lipinski definition) is 2. The van der Waals surface area contributed by atoms with E-state index in [9.17, 15) is 5.11 Å². The Kier molecular flexibility index (Phi) is 5.32. The van der Waals surface area contributed by atoms with Crippen LogP contribution in [0.15, 0.2) is 24.3 Å². The van der Waals surface area contributed by atoms with Crippen LogP contribution in [0.1, 0.15) is 52.0 Å². The zero-order chi connectivity index (χ0) is 15.5. The minimum Gasteiger partial charge on any atom is -0.508 e. The maximum atomic E-state index is 9.39. The molecule has 0 heterocycles. The second-order valence-electron chi connectivity index (χ2n) is 7.74. The molecule has 0 aromatic heterocycles. The molecule has 0 spiro atoms. The molecular weight excluding hydrogens is 258 g/mol. The largest absolute Gasteiger partial charge is 0.508 e. The van der Waals surface area contributed by atoms with Crippen molar-refractivity contribution in [3.8, 4) is 5.75 Å². The van der Waals surface area contributed by atoms with Gasteiger partial charge in [-0.15, -0.1) is 0 Å². The standard InChI is InChI=1S/C19H31NO/c1-19(2,3)16-9-7-15(8-10-16)18(20-4)13-14-5-11-17(21)12-6-14/h5-6,11-12,15-16,18,20-21H,7-10,13H2,1-4H3. The highest BCUT2D eigenvalue weighted by atomic mass is 16.3. The molecule has 1 aromatic carbocycles. The third-order valence-corrected chi connectivity index (χ3v) is 5.33. The monoisotopic (exact) mass is 289 g/mol. The van der Waals surface area contributed by atoms with Crippen LogP contribution in [0.3, 0.4) is 0 Å². The van der Waals surface area contributed by atoms with Crippen molar-refractivity contribution in [3.63, 3.8) is 0 Å². The maximum Gasteiger partial charge on any atom is 0.115 e. The predicted octanol–water partition coefficient (Wildman–Crippen LogP) is 4.38. The van der Waals surface area contributed by atoms with Crippen LogP contribution in [0, 0.1) is 17.3 Å². The Morgan fingerprint density at radius 1 is 1.10 bits per heavy atom. The summed E-state index contributed by atoms with van der Waals surface area (Å²) in [5, 5.41) is 12.9. The molecule has 0 saturated heterocycles. The van der Waals surface area contributed by atoms with Gasteiger partial charge >= 0.3 is 0 Å². The minimum absolute atomic E-state index is 0.352. The van der Waals surface area contributed by atoms with Gasteiger partial charge in [-0.25, -0.2) is 0 Å². The molecule has 1 aromatic rings. The lowest BCUT2D eigenvalue weighted by molar-refractivity contribution is 0.134. The van der Waals surface area contributed by atoms with Crippen molar-refractivity contribution < 1.29 is 5.11 Å². The number of nitrogens with one attached hydrogen (secondary N) is 1. The first-order chi connectivity index (χ1) is 9.90. The van der Waals surface area contributed by atoms with E-state index in [4.69, 9.17) is 0 Å². The fraction of sp³-hybridized carbons (Fsp3) is 0.684. The summed E-state index contributed by atoms with van der Waals surface area (Å²) in [7, 11) is 2.08. The smallest absolute Gasteiger partial charge is 0.115 e. The van der Waals surface area contributed by atoms with Gasteiger partial charge in [0.25, 0.3) is 0 Å². The van der Waals surface area contributed by atoms with Crippen LogP contribution >= 0.6 is 0 Å². The fourth-order valence-corrected chi connectivity index (χ4v) is 3.78. The van der Waals surface area contributed by atoms with Gasteiger partial charge < -0.3 is 10.4 Å². The third kappa shape index (κ3) is 4.47. The second-order valence-corrected chi connectivity index (χ2v) is 7.74. The molecule has 0 aliphatic heterocycles. The molecule has 2 N–H and O–H groups in total. The molecule has 2 rings (SSSR count). The van der Waals surface area contributed by atoms with Crippen molar-refractivity contribution in [2.24, 2.45) is 17.3 Å². The topological polar surface area (TPSA) is 32.3 Å². The average Bonchev–Trinajstić information content (AvgIpc) is 2.46. The molecule has 2 nitrogen and oxygen atoms in total. The van der Waals surface area contributed by atoms with Gasteiger partial charge in [0.1, 0.15) is 5.75 Å². The first-order valence-electron chi connectivity index (χ1n) is 8.35. The summed E-state index contributed by atoms with van der Waals surface area (Å²) in [6.07, 6.45) is 6.46. The SMILES string of the molecule is CNC(Cc1ccc(O)cc1)C1CCC(C(C)(C)C)CC1. The van der Waals surface area contributed by atoms with Crippen LogP contribution < -0.4 is 5.32 Å². The lowest BCUT2D eigenvalue weighted by Crippen LogP contribution is -2.39. The molecule has 1 aliphatic rings. The molecule has 0 radical (unpaired) electrons. The van der Waals surface area contributed by atoms with Gasteiger partial charge in [0.2, 0.25) is 0 Å². The van der Waals surface area contributed by atoms with Gasteiger partial charge in [-0.2, -0.15) is 0 Å². The molecule has 1 atom stereocenters. The Balaban J connectivity index is 1.92. The Labute approximate surface area is 130 Å². The van der Waals surface area contributed by atoms with E-state index < -0.39 is 0 Å². The fourth-order valence-electron chi connectivity index (χ4n) is 3.78. The lowest BCUT2D eigenvalue weighted by atomic mass is 9.68. The number of likely N-dealkylation sites (N-methyl/N-ethyl adjacent to an activating group) is 1. The molecule has 1 saturated carbocycles. The van der Waals surface area contributed by atoms with E-state index in [2.05, 4.69) is 33.1 Å². The summed E-state index contributed by atoms with van der Waals surface area (Å²) in [5.41, 5.74) is 1.77. The lowest BCUT2D eigenvalue weighted by Gasteiger charge is -2.39. The van der Waals surface area contributed by atoms with Crippen LogP contribution in [0.4, 0.5) is 0 Å². The Morgan fingerprint density at radius 3 is 2.14 bits per heavy atom. The van der Waals surface area contributed by atoms with Gasteiger partial charge in [-0.3, -0.25) is 0 Å². The zero-order valence-corrected chi connectivity index (χ0v) is 14.0. The van der Waals surface area contributed by atoms with Crippen LogP contribution in [0.25, 0.3) is 0 Å². The normalized spacial score (nSPS) is 24.8. The Hall–Kier alpha value is -1.02. The van der Waals surface area contributed by atoms with Crippen molar-refractivity contribution in [1.82, 2.24) is 5.32 Å². The van der Waals surface area contributed by atoms with Crippen molar-refractivity contribution >= 4 is 0 Å². The number of rotatable bonds is 4. The molecule has 1 fully saturated rings. The highest BCUT2D eigenvalue weighted by Gasteiger charge is 2.32. The quantitative estimate of drug-likeness (QED) is 0.862. The number of benzene rings is 1. The number of aromatic hydroxyl groups is 1. The van der Waals surface area contributed by atoms with Gasteiger partial charge in [0, 0.05) is 6.04 Å². The van der Waals surface area contributed by atoms with E-state index >= 15 is 0 Å². The third-order valence-electron chi connectivity index (χ3n) is 5.33. The number of phenolic OH excluding ortho intramolecular Hbond substituents is 1. The van der Waals surface area contributed by atoms with Crippen LogP contribution in [0.2, 0.25) is 0 Å². The summed E-state index contributed by atoms with van der Waals surface area (Å²) in [5.74, 6) is 2.01. The summed E-state index contributed by atoms with van der Waals surface area (Å²) in [4.78, 5) is 0. The van der Waals surface area contributed by atoms with Gasteiger partial charge in [-0.05, 0) is 74.1 Å².